The average Bonchev–Trinajstić information content (AvgIpc) is 2.46. The van der Waals surface area contributed by atoms with E-state index in [2.05, 4.69) is 10.6 Å². The van der Waals surface area contributed by atoms with Crippen LogP contribution in [0.25, 0.3) is 0 Å². The van der Waals surface area contributed by atoms with Gasteiger partial charge in [-0.3, -0.25) is 0 Å². The minimum Gasteiger partial charge on any atom is -0.429 e. The first-order valence-electron chi connectivity index (χ1n) is 6.80. The Morgan fingerprint density at radius 2 is 1.89 bits per heavy atom. The van der Waals surface area contributed by atoms with Crippen LogP contribution in [0.3, 0.4) is 0 Å². The smallest absolute Gasteiger partial charge is 0.429 e. The molecule has 0 aliphatic heterocycles. The lowest BCUT2D eigenvalue weighted by Gasteiger charge is -2.56. The fourth-order valence-corrected chi connectivity index (χ4v) is 3.43. The van der Waals surface area contributed by atoms with Crippen LogP contribution in [0.2, 0.25) is 0 Å². The molecule has 0 aromatic carbocycles. The lowest BCUT2D eigenvalue weighted by atomic mass is 9.60. The molecule has 0 heterocycles. The Labute approximate surface area is 114 Å². The summed E-state index contributed by atoms with van der Waals surface area (Å²) in [5.41, 5.74) is -0.00447. The molecule has 0 aromatic rings. The van der Waals surface area contributed by atoms with Gasteiger partial charge in [0.1, 0.15) is 6.10 Å². The van der Waals surface area contributed by atoms with Gasteiger partial charge in [-0.1, -0.05) is 0 Å². The molecule has 2 N–H and O–H groups in total. The summed E-state index contributed by atoms with van der Waals surface area (Å²) in [6.07, 6.45) is 4.25. The highest BCUT2D eigenvalue weighted by atomic mass is 16.8. The summed E-state index contributed by atoms with van der Waals surface area (Å²) in [6, 6.07) is 0. The topological polar surface area (TPSA) is 68.8 Å². The Kier molecular flexibility index (Phi) is 4.32. The highest BCUT2D eigenvalue weighted by Crippen LogP contribution is 2.47. The molecule has 6 nitrogen and oxygen atoms in total. The van der Waals surface area contributed by atoms with Crippen molar-refractivity contribution in [3.63, 3.8) is 0 Å². The van der Waals surface area contributed by atoms with Crippen LogP contribution in [-0.4, -0.2) is 51.3 Å². The molecule has 0 aromatic heterocycles. The van der Waals surface area contributed by atoms with Gasteiger partial charge in [0.25, 0.3) is 0 Å². The quantitative estimate of drug-likeness (QED) is 0.575. The summed E-state index contributed by atoms with van der Waals surface area (Å²) in [6.45, 7) is -0.0741. The zero-order valence-electron chi connectivity index (χ0n) is 12.0. The Hall–Kier alpha value is -0.850. The van der Waals surface area contributed by atoms with Crippen LogP contribution in [0, 0.1) is 0 Å². The van der Waals surface area contributed by atoms with E-state index >= 15 is 0 Å². The highest BCUT2D eigenvalue weighted by Gasteiger charge is 2.55. The SMILES string of the molecule is CNC12CCC(NC)(CC1)C(OC(=O)OCOC)C2. The molecule has 0 spiro atoms. The monoisotopic (exact) mass is 272 g/mol. The standard InChI is InChI=1S/C13H24N2O4/c1-14-12-4-6-13(15-2,7-5-12)10(8-12)19-11(16)18-9-17-3/h10,14-15H,4-9H2,1-3H3. The van der Waals surface area contributed by atoms with Crippen molar-refractivity contribution in [2.45, 2.75) is 49.3 Å². The van der Waals surface area contributed by atoms with Gasteiger partial charge >= 0.3 is 6.16 Å². The Morgan fingerprint density at radius 1 is 1.21 bits per heavy atom. The van der Waals surface area contributed by atoms with Crippen molar-refractivity contribution in [3.8, 4) is 0 Å². The van der Waals surface area contributed by atoms with Gasteiger partial charge in [0, 0.05) is 19.1 Å². The normalized spacial score (nSPS) is 37.1. The number of rotatable bonds is 5. The Balaban J connectivity index is 2.03. The summed E-state index contributed by atoms with van der Waals surface area (Å²) < 4.78 is 15.0. The maximum Gasteiger partial charge on any atom is 0.510 e. The lowest BCUT2D eigenvalue weighted by molar-refractivity contribution is -0.0981. The van der Waals surface area contributed by atoms with Crippen molar-refractivity contribution in [2.75, 3.05) is 28.0 Å². The van der Waals surface area contributed by atoms with Gasteiger partial charge in [-0.15, -0.1) is 0 Å². The summed E-state index contributed by atoms with van der Waals surface area (Å²) in [4.78, 5) is 11.6. The third-order valence-corrected chi connectivity index (χ3v) is 4.85. The van der Waals surface area contributed by atoms with E-state index in [1.165, 1.54) is 7.11 Å². The molecular weight excluding hydrogens is 248 g/mol. The molecule has 0 radical (unpaired) electrons. The largest absolute Gasteiger partial charge is 0.510 e. The number of hydrogen-bond donors (Lipinski definition) is 2. The van der Waals surface area contributed by atoms with Crippen LogP contribution < -0.4 is 10.6 Å². The van der Waals surface area contributed by atoms with Crippen LogP contribution in [0.5, 0.6) is 0 Å². The molecule has 3 saturated carbocycles. The number of carbonyl (C=O) groups excluding carboxylic acids is 1. The van der Waals surface area contributed by atoms with Crippen molar-refractivity contribution >= 4 is 6.16 Å². The third kappa shape index (κ3) is 2.70. The molecule has 110 valence electrons. The van der Waals surface area contributed by atoms with Crippen molar-refractivity contribution in [1.29, 1.82) is 0 Å². The molecule has 0 amide bonds. The predicted octanol–water partition coefficient (Wildman–Crippen LogP) is 1.01. The second-order valence-corrected chi connectivity index (χ2v) is 5.55. The van der Waals surface area contributed by atoms with Gasteiger partial charge in [-0.25, -0.2) is 4.79 Å². The maximum atomic E-state index is 11.6. The molecule has 2 bridgehead atoms. The van der Waals surface area contributed by atoms with Gasteiger partial charge in [-0.05, 0) is 39.8 Å². The summed E-state index contributed by atoms with van der Waals surface area (Å²) in [5, 5.41) is 6.77. The zero-order valence-corrected chi connectivity index (χ0v) is 12.0. The second kappa shape index (κ2) is 5.64. The van der Waals surface area contributed by atoms with E-state index in [0.717, 1.165) is 32.1 Å². The first kappa shape index (κ1) is 14.6. The molecule has 3 aliphatic carbocycles. The van der Waals surface area contributed by atoms with Crippen molar-refractivity contribution in [3.05, 3.63) is 0 Å². The molecule has 3 rings (SSSR count). The van der Waals surface area contributed by atoms with E-state index in [4.69, 9.17) is 14.2 Å². The maximum absolute atomic E-state index is 11.6. The summed E-state index contributed by atoms with van der Waals surface area (Å²) in [7, 11) is 5.40. The second-order valence-electron chi connectivity index (χ2n) is 5.55. The van der Waals surface area contributed by atoms with Crippen LogP contribution >= 0.6 is 0 Å². The van der Waals surface area contributed by atoms with Gasteiger partial charge in [0.2, 0.25) is 0 Å². The molecule has 1 unspecified atom stereocenters. The Morgan fingerprint density at radius 3 is 2.42 bits per heavy atom. The average molecular weight is 272 g/mol. The zero-order chi connectivity index (χ0) is 13.9. The fourth-order valence-electron chi connectivity index (χ4n) is 3.43. The van der Waals surface area contributed by atoms with Crippen molar-refractivity contribution in [1.82, 2.24) is 10.6 Å². The first-order chi connectivity index (χ1) is 9.10. The molecule has 1 atom stereocenters. The number of carbonyl (C=O) groups is 1. The molecule has 3 fully saturated rings. The fraction of sp³-hybridized carbons (Fsp3) is 0.923. The number of fused-ring (bicyclic) bond motifs is 3. The summed E-state index contributed by atoms with van der Waals surface area (Å²) in [5.74, 6) is 0. The third-order valence-electron chi connectivity index (χ3n) is 4.85. The number of likely N-dealkylation sites (N-methyl/N-ethyl adjacent to an activating group) is 1. The van der Waals surface area contributed by atoms with E-state index in [-0.39, 0.29) is 24.0 Å². The van der Waals surface area contributed by atoms with Crippen LogP contribution in [0.1, 0.15) is 32.1 Å². The van der Waals surface area contributed by atoms with Gasteiger partial charge in [-0.2, -0.15) is 0 Å². The lowest BCUT2D eigenvalue weighted by Crippen LogP contribution is -2.68. The minimum absolute atomic E-state index is 0.0741. The highest BCUT2D eigenvalue weighted by molar-refractivity contribution is 5.60. The predicted molar refractivity (Wildman–Crippen MR) is 69.9 cm³/mol. The van der Waals surface area contributed by atoms with E-state index < -0.39 is 6.16 Å². The van der Waals surface area contributed by atoms with Crippen molar-refractivity contribution in [2.24, 2.45) is 0 Å². The van der Waals surface area contributed by atoms with Crippen LogP contribution in [-0.2, 0) is 14.2 Å². The van der Waals surface area contributed by atoms with Gasteiger partial charge in [0.15, 0.2) is 6.79 Å². The van der Waals surface area contributed by atoms with Crippen LogP contribution in [0.4, 0.5) is 4.79 Å². The first-order valence-corrected chi connectivity index (χ1v) is 6.80. The van der Waals surface area contributed by atoms with Crippen LogP contribution in [0.15, 0.2) is 0 Å². The minimum atomic E-state index is -0.653. The van der Waals surface area contributed by atoms with E-state index in [1.54, 1.807) is 0 Å². The molecule has 6 heteroatoms. The van der Waals surface area contributed by atoms with E-state index in [0.29, 0.717) is 0 Å². The Bertz CT molecular complexity index is 327. The molecular formula is C13H24N2O4. The number of hydrogen-bond acceptors (Lipinski definition) is 6. The number of ether oxygens (including phenoxy) is 3. The molecule has 3 aliphatic rings. The van der Waals surface area contributed by atoms with Gasteiger partial charge in [0.05, 0.1) is 5.54 Å². The number of nitrogens with one attached hydrogen (secondary N) is 2. The number of methoxy groups -OCH3 is 1. The molecule has 19 heavy (non-hydrogen) atoms. The van der Waals surface area contributed by atoms with Crippen molar-refractivity contribution < 1.29 is 19.0 Å². The summed E-state index contributed by atoms with van der Waals surface area (Å²) >= 11 is 0. The molecule has 0 saturated heterocycles. The van der Waals surface area contributed by atoms with E-state index in [9.17, 15) is 4.79 Å². The van der Waals surface area contributed by atoms with Gasteiger partial charge < -0.3 is 24.8 Å². The van der Waals surface area contributed by atoms with E-state index in [1.807, 2.05) is 14.1 Å².